The van der Waals surface area contributed by atoms with Gasteiger partial charge in [-0.3, -0.25) is 10.1 Å². The third kappa shape index (κ3) is 4.26. The van der Waals surface area contributed by atoms with Gasteiger partial charge >= 0.3 is 5.97 Å². The third-order valence-electron chi connectivity index (χ3n) is 1.88. The average molecular weight is 199 g/mol. The van der Waals surface area contributed by atoms with Crippen LogP contribution in [-0.4, -0.2) is 39.4 Å². The molecule has 0 radical (unpaired) electrons. The van der Waals surface area contributed by atoms with E-state index >= 15 is 0 Å². The molecular formula is C10H17NO3. The zero-order valence-electron chi connectivity index (χ0n) is 8.87. The summed E-state index contributed by atoms with van der Waals surface area (Å²) in [5, 5.41) is 2.91. The van der Waals surface area contributed by atoms with Gasteiger partial charge in [0.2, 0.25) is 0 Å². The molecule has 0 aromatic heterocycles. The van der Waals surface area contributed by atoms with Crippen LogP contribution in [0, 0.1) is 18.3 Å². The Hall–Kier alpha value is -1.05. The van der Waals surface area contributed by atoms with Crippen molar-refractivity contribution in [1.29, 1.82) is 0 Å². The fourth-order valence-corrected chi connectivity index (χ4v) is 1.17. The van der Waals surface area contributed by atoms with E-state index in [9.17, 15) is 4.79 Å². The van der Waals surface area contributed by atoms with Crippen molar-refractivity contribution in [3.8, 4) is 12.3 Å². The molecular weight excluding hydrogens is 182 g/mol. The molecule has 4 heteroatoms. The van der Waals surface area contributed by atoms with E-state index < -0.39 is 6.04 Å². The SMILES string of the molecule is C#CCNC(C(=O)OC)C(C)COC. The van der Waals surface area contributed by atoms with Crippen LogP contribution in [0.15, 0.2) is 0 Å². The number of ether oxygens (including phenoxy) is 2. The molecule has 0 saturated heterocycles. The normalized spacial score (nSPS) is 14.1. The van der Waals surface area contributed by atoms with E-state index in [0.29, 0.717) is 13.2 Å². The Kier molecular flexibility index (Phi) is 6.81. The first-order valence-corrected chi connectivity index (χ1v) is 4.41. The van der Waals surface area contributed by atoms with Gasteiger partial charge < -0.3 is 9.47 Å². The van der Waals surface area contributed by atoms with Crippen LogP contribution < -0.4 is 5.32 Å². The molecule has 14 heavy (non-hydrogen) atoms. The van der Waals surface area contributed by atoms with Crippen LogP contribution in [-0.2, 0) is 14.3 Å². The molecule has 0 spiro atoms. The number of terminal acetylenes is 1. The van der Waals surface area contributed by atoms with Gasteiger partial charge in [-0.25, -0.2) is 0 Å². The molecule has 1 N–H and O–H groups in total. The van der Waals surface area contributed by atoms with E-state index in [-0.39, 0.29) is 11.9 Å². The Morgan fingerprint density at radius 3 is 2.64 bits per heavy atom. The second-order valence-corrected chi connectivity index (χ2v) is 3.02. The second kappa shape index (κ2) is 7.36. The summed E-state index contributed by atoms with van der Waals surface area (Å²) >= 11 is 0. The van der Waals surface area contributed by atoms with Crippen molar-refractivity contribution >= 4 is 5.97 Å². The Labute approximate surface area is 85.0 Å². The summed E-state index contributed by atoms with van der Waals surface area (Å²) in [5.74, 6) is 2.13. The average Bonchev–Trinajstić information content (AvgIpc) is 2.18. The Morgan fingerprint density at radius 2 is 2.21 bits per heavy atom. The zero-order chi connectivity index (χ0) is 11.0. The highest BCUT2D eigenvalue weighted by atomic mass is 16.5. The maximum Gasteiger partial charge on any atom is 0.323 e. The molecule has 0 heterocycles. The Balaban J connectivity index is 4.23. The molecule has 2 unspecified atom stereocenters. The van der Waals surface area contributed by atoms with Gasteiger partial charge in [0.15, 0.2) is 0 Å². The molecule has 0 aliphatic heterocycles. The van der Waals surface area contributed by atoms with E-state index in [2.05, 4.69) is 16.0 Å². The quantitative estimate of drug-likeness (QED) is 0.484. The minimum Gasteiger partial charge on any atom is -0.468 e. The molecule has 2 atom stereocenters. The van der Waals surface area contributed by atoms with E-state index in [0.717, 1.165) is 0 Å². The van der Waals surface area contributed by atoms with Crippen molar-refractivity contribution in [3.63, 3.8) is 0 Å². The first kappa shape index (κ1) is 12.9. The lowest BCUT2D eigenvalue weighted by Crippen LogP contribution is -2.44. The third-order valence-corrected chi connectivity index (χ3v) is 1.88. The fourth-order valence-electron chi connectivity index (χ4n) is 1.17. The molecule has 4 nitrogen and oxygen atoms in total. The summed E-state index contributed by atoms with van der Waals surface area (Å²) in [7, 11) is 2.94. The minimum absolute atomic E-state index is 0.0285. The predicted octanol–water partition coefficient (Wildman–Crippen LogP) is 0.0333. The molecule has 80 valence electrons. The summed E-state index contributed by atoms with van der Waals surface area (Å²) in [6.07, 6.45) is 5.10. The molecule has 0 aromatic carbocycles. The number of esters is 1. The van der Waals surface area contributed by atoms with Gasteiger partial charge in [0.05, 0.1) is 20.3 Å². The summed E-state index contributed by atoms with van der Waals surface area (Å²) in [4.78, 5) is 11.3. The van der Waals surface area contributed by atoms with Crippen LogP contribution in [0.5, 0.6) is 0 Å². The van der Waals surface area contributed by atoms with E-state index in [1.165, 1.54) is 7.11 Å². The van der Waals surface area contributed by atoms with Crippen molar-refractivity contribution < 1.29 is 14.3 Å². The highest BCUT2D eigenvalue weighted by molar-refractivity contribution is 5.76. The standard InChI is InChI=1S/C10H17NO3/c1-5-6-11-9(10(12)14-4)8(2)7-13-3/h1,8-9,11H,6-7H2,2-4H3. The number of carbonyl (C=O) groups excluding carboxylic acids is 1. The van der Waals surface area contributed by atoms with Crippen LogP contribution in [0.25, 0.3) is 0 Å². The lowest BCUT2D eigenvalue weighted by molar-refractivity contribution is -0.145. The van der Waals surface area contributed by atoms with Gasteiger partial charge in [-0.1, -0.05) is 12.8 Å². The van der Waals surface area contributed by atoms with Crippen molar-refractivity contribution in [2.45, 2.75) is 13.0 Å². The topological polar surface area (TPSA) is 47.6 Å². The van der Waals surface area contributed by atoms with Gasteiger partial charge in [-0.2, -0.15) is 0 Å². The number of nitrogens with one attached hydrogen (secondary N) is 1. The number of carbonyl (C=O) groups is 1. The van der Waals surface area contributed by atoms with Crippen LogP contribution in [0.4, 0.5) is 0 Å². The number of hydrogen-bond acceptors (Lipinski definition) is 4. The molecule has 0 bridgehead atoms. The number of methoxy groups -OCH3 is 2. The van der Waals surface area contributed by atoms with Crippen molar-refractivity contribution in [2.75, 3.05) is 27.4 Å². The zero-order valence-corrected chi connectivity index (χ0v) is 8.87. The molecule has 0 aliphatic rings. The lowest BCUT2D eigenvalue weighted by atomic mass is 10.0. The maximum absolute atomic E-state index is 11.3. The highest BCUT2D eigenvalue weighted by Crippen LogP contribution is 2.05. The fraction of sp³-hybridized carbons (Fsp3) is 0.700. The molecule has 0 aromatic rings. The van der Waals surface area contributed by atoms with Gasteiger partial charge in [0.1, 0.15) is 6.04 Å². The highest BCUT2D eigenvalue weighted by Gasteiger charge is 2.24. The predicted molar refractivity (Wildman–Crippen MR) is 53.7 cm³/mol. The molecule has 0 aliphatic carbocycles. The number of hydrogen-bond donors (Lipinski definition) is 1. The van der Waals surface area contributed by atoms with E-state index in [4.69, 9.17) is 11.2 Å². The monoisotopic (exact) mass is 199 g/mol. The first-order valence-electron chi connectivity index (χ1n) is 4.41. The van der Waals surface area contributed by atoms with Crippen LogP contribution in [0.1, 0.15) is 6.92 Å². The van der Waals surface area contributed by atoms with Gasteiger partial charge in [0, 0.05) is 13.0 Å². The van der Waals surface area contributed by atoms with Crippen molar-refractivity contribution in [3.05, 3.63) is 0 Å². The first-order chi connectivity index (χ1) is 6.67. The van der Waals surface area contributed by atoms with Crippen LogP contribution in [0.2, 0.25) is 0 Å². The minimum atomic E-state index is -0.406. The van der Waals surface area contributed by atoms with Gasteiger partial charge in [-0.15, -0.1) is 6.42 Å². The molecule has 0 saturated carbocycles. The summed E-state index contributed by atoms with van der Waals surface area (Å²) in [6, 6.07) is -0.406. The maximum atomic E-state index is 11.3. The Bertz CT molecular complexity index is 210. The van der Waals surface area contributed by atoms with Crippen LogP contribution >= 0.6 is 0 Å². The summed E-state index contributed by atoms with van der Waals surface area (Å²) in [6.45, 7) is 2.72. The Morgan fingerprint density at radius 1 is 1.57 bits per heavy atom. The smallest absolute Gasteiger partial charge is 0.323 e. The largest absolute Gasteiger partial charge is 0.468 e. The summed E-state index contributed by atoms with van der Waals surface area (Å²) in [5.41, 5.74) is 0. The van der Waals surface area contributed by atoms with Crippen molar-refractivity contribution in [2.24, 2.45) is 5.92 Å². The lowest BCUT2D eigenvalue weighted by Gasteiger charge is -2.21. The van der Waals surface area contributed by atoms with Crippen molar-refractivity contribution in [1.82, 2.24) is 5.32 Å². The molecule has 0 fully saturated rings. The van der Waals surface area contributed by atoms with E-state index in [1.807, 2.05) is 6.92 Å². The van der Waals surface area contributed by atoms with Gasteiger partial charge in [0.25, 0.3) is 0 Å². The number of rotatable bonds is 6. The van der Waals surface area contributed by atoms with E-state index in [1.54, 1.807) is 7.11 Å². The van der Waals surface area contributed by atoms with Gasteiger partial charge in [-0.05, 0) is 0 Å². The van der Waals surface area contributed by atoms with Crippen LogP contribution in [0.3, 0.4) is 0 Å². The molecule has 0 amide bonds. The molecule has 0 rings (SSSR count). The summed E-state index contributed by atoms with van der Waals surface area (Å²) < 4.78 is 9.61. The second-order valence-electron chi connectivity index (χ2n) is 3.02.